The lowest BCUT2D eigenvalue weighted by Gasteiger charge is -2.13. The van der Waals surface area contributed by atoms with E-state index in [9.17, 15) is 9.59 Å². The number of carbonyl (C=O) groups excluding carboxylic acids is 2. The van der Waals surface area contributed by atoms with Crippen LogP contribution in [0.2, 0.25) is 0 Å². The Kier molecular flexibility index (Phi) is 6.23. The van der Waals surface area contributed by atoms with Crippen LogP contribution in [0.3, 0.4) is 0 Å². The van der Waals surface area contributed by atoms with Crippen LogP contribution >= 0.6 is 11.8 Å². The Bertz CT molecular complexity index is 1070. The van der Waals surface area contributed by atoms with Gasteiger partial charge in [-0.15, -0.1) is 10.2 Å². The van der Waals surface area contributed by atoms with E-state index >= 15 is 0 Å². The summed E-state index contributed by atoms with van der Waals surface area (Å²) >= 11 is 1.42. The van der Waals surface area contributed by atoms with Crippen molar-refractivity contribution in [3.63, 3.8) is 0 Å². The van der Waals surface area contributed by atoms with Crippen molar-refractivity contribution in [1.29, 1.82) is 0 Å². The molecule has 0 aliphatic heterocycles. The van der Waals surface area contributed by atoms with Crippen molar-refractivity contribution in [3.8, 4) is 5.69 Å². The smallest absolute Gasteiger partial charge is 0.226 e. The summed E-state index contributed by atoms with van der Waals surface area (Å²) in [5.41, 5.74) is 2.31. The predicted octanol–water partition coefficient (Wildman–Crippen LogP) is 5.10. The molecule has 0 bridgehead atoms. The lowest BCUT2D eigenvalue weighted by atomic mass is 10.1. The number of benzene rings is 2. The zero-order chi connectivity index (χ0) is 22.0. The van der Waals surface area contributed by atoms with Gasteiger partial charge in [-0.1, -0.05) is 43.8 Å². The Morgan fingerprint density at radius 1 is 1.00 bits per heavy atom. The summed E-state index contributed by atoms with van der Waals surface area (Å²) in [6.07, 6.45) is 2.26. The fourth-order valence-electron chi connectivity index (χ4n) is 3.23. The van der Waals surface area contributed by atoms with E-state index in [1.54, 1.807) is 24.3 Å². The molecule has 0 spiro atoms. The van der Waals surface area contributed by atoms with Gasteiger partial charge in [0.1, 0.15) is 5.82 Å². The van der Waals surface area contributed by atoms with E-state index in [2.05, 4.69) is 20.1 Å². The number of aromatic nitrogens is 3. The molecule has 1 amide bonds. The first-order valence-electron chi connectivity index (χ1n) is 10.6. The Balaban J connectivity index is 1.50. The molecule has 0 unspecified atom stereocenters. The van der Waals surface area contributed by atoms with Crippen molar-refractivity contribution in [3.05, 3.63) is 66.0 Å². The van der Waals surface area contributed by atoms with Gasteiger partial charge in [0, 0.05) is 28.8 Å². The Morgan fingerprint density at radius 2 is 1.68 bits per heavy atom. The number of rotatable bonds is 8. The highest BCUT2D eigenvalue weighted by atomic mass is 32.2. The zero-order valence-corrected chi connectivity index (χ0v) is 18.7. The predicted molar refractivity (Wildman–Crippen MR) is 123 cm³/mol. The standard InChI is InChI=1S/C24H26N4O2S/c1-15(2)23(30)25-19-13-11-17(12-14-19)21(29)16(3)31-24-27-26-22(18-9-10-18)28(24)20-7-5-4-6-8-20/h4-8,11-16,18H,9-10H2,1-3H3,(H,25,30)/t16-/m1/s1. The number of amides is 1. The molecule has 1 aromatic heterocycles. The number of hydrogen-bond acceptors (Lipinski definition) is 5. The monoisotopic (exact) mass is 434 g/mol. The number of carbonyl (C=O) groups is 2. The molecule has 1 heterocycles. The van der Waals surface area contributed by atoms with E-state index in [0.29, 0.717) is 17.2 Å². The van der Waals surface area contributed by atoms with Gasteiger partial charge < -0.3 is 5.32 Å². The summed E-state index contributed by atoms with van der Waals surface area (Å²) in [4.78, 5) is 24.9. The van der Waals surface area contributed by atoms with Crippen LogP contribution < -0.4 is 5.32 Å². The molecule has 4 rings (SSSR count). The van der Waals surface area contributed by atoms with Gasteiger partial charge in [-0.05, 0) is 56.2 Å². The number of hydrogen-bond donors (Lipinski definition) is 1. The molecule has 6 nitrogen and oxygen atoms in total. The largest absolute Gasteiger partial charge is 0.326 e. The first-order valence-corrected chi connectivity index (χ1v) is 11.4. The quantitative estimate of drug-likeness (QED) is 0.394. The summed E-state index contributed by atoms with van der Waals surface area (Å²) in [6.45, 7) is 5.58. The van der Waals surface area contributed by atoms with Gasteiger partial charge in [0.25, 0.3) is 0 Å². The van der Waals surface area contributed by atoms with Crippen molar-refractivity contribution in [2.45, 2.75) is 49.9 Å². The second-order valence-electron chi connectivity index (χ2n) is 8.13. The SMILES string of the molecule is CC(C)C(=O)Nc1ccc(C(=O)[C@@H](C)Sc2nnc(C3CC3)n2-c2ccccc2)cc1. The maximum absolute atomic E-state index is 13.0. The van der Waals surface area contributed by atoms with Crippen molar-refractivity contribution >= 4 is 29.1 Å². The molecule has 2 aromatic carbocycles. The lowest BCUT2D eigenvalue weighted by Crippen LogP contribution is -2.18. The van der Waals surface area contributed by atoms with Gasteiger partial charge in [-0.25, -0.2) is 0 Å². The normalized spacial score (nSPS) is 14.5. The van der Waals surface area contributed by atoms with Crippen LogP contribution in [0.4, 0.5) is 5.69 Å². The number of nitrogens with zero attached hydrogens (tertiary/aromatic N) is 3. The van der Waals surface area contributed by atoms with Crippen LogP contribution in [-0.4, -0.2) is 31.7 Å². The third-order valence-electron chi connectivity index (χ3n) is 5.23. The molecule has 0 saturated heterocycles. The minimum atomic E-state index is -0.324. The molecule has 1 aliphatic rings. The number of para-hydroxylation sites is 1. The van der Waals surface area contributed by atoms with E-state index in [4.69, 9.17) is 0 Å². The first kappa shape index (κ1) is 21.3. The topological polar surface area (TPSA) is 76.9 Å². The summed E-state index contributed by atoms with van der Waals surface area (Å²) < 4.78 is 2.08. The summed E-state index contributed by atoms with van der Waals surface area (Å²) in [5.74, 6) is 1.29. The van der Waals surface area contributed by atoms with E-state index in [-0.39, 0.29) is 22.9 Å². The molecular formula is C24H26N4O2S. The number of nitrogens with one attached hydrogen (secondary N) is 1. The Morgan fingerprint density at radius 3 is 2.29 bits per heavy atom. The van der Waals surface area contributed by atoms with Crippen LogP contribution in [-0.2, 0) is 4.79 Å². The molecule has 160 valence electrons. The Labute approximate surface area is 186 Å². The average molecular weight is 435 g/mol. The number of thioether (sulfide) groups is 1. The minimum absolute atomic E-state index is 0.0160. The van der Waals surface area contributed by atoms with E-state index in [1.165, 1.54) is 11.8 Å². The van der Waals surface area contributed by atoms with Crippen molar-refractivity contribution in [2.24, 2.45) is 5.92 Å². The van der Waals surface area contributed by atoms with Gasteiger partial charge >= 0.3 is 0 Å². The average Bonchev–Trinajstić information content (AvgIpc) is 3.54. The van der Waals surface area contributed by atoms with E-state index in [0.717, 1.165) is 29.5 Å². The van der Waals surface area contributed by atoms with Gasteiger partial charge in [0.2, 0.25) is 5.91 Å². The van der Waals surface area contributed by atoms with Gasteiger partial charge in [-0.2, -0.15) is 0 Å². The lowest BCUT2D eigenvalue weighted by molar-refractivity contribution is -0.118. The highest BCUT2D eigenvalue weighted by Crippen LogP contribution is 2.41. The van der Waals surface area contributed by atoms with Crippen LogP contribution in [0, 0.1) is 5.92 Å². The number of anilines is 1. The molecule has 7 heteroatoms. The third kappa shape index (κ3) is 4.88. The molecular weight excluding hydrogens is 408 g/mol. The molecule has 3 aromatic rings. The van der Waals surface area contributed by atoms with E-state index in [1.807, 2.05) is 51.1 Å². The molecule has 1 fully saturated rings. The third-order valence-corrected chi connectivity index (χ3v) is 6.27. The van der Waals surface area contributed by atoms with Crippen molar-refractivity contribution < 1.29 is 9.59 Å². The fourth-order valence-corrected chi connectivity index (χ4v) is 4.19. The van der Waals surface area contributed by atoms with Gasteiger partial charge in [0.05, 0.1) is 5.25 Å². The van der Waals surface area contributed by atoms with Crippen molar-refractivity contribution in [1.82, 2.24) is 14.8 Å². The zero-order valence-electron chi connectivity index (χ0n) is 17.9. The number of Topliss-reactive ketones (excluding diaryl/α,β-unsaturated/α-hetero) is 1. The molecule has 31 heavy (non-hydrogen) atoms. The molecule has 0 radical (unpaired) electrons. The van der Waals surface area contributed by atoms with Crippen LogP contribution in [0.25, 0.3) is 5.69 Å². The summed E-state index contributed by atoms with van der Waals surface area (Å²) in [5, 5.41) is 12.1. The minimum Gasteiger partial charge on any atom is -0.326 e. The highest BCUT2D eigenvalue weighted by molar-refractivity contribution is 8.00. The van der Waals surface area contributed by atoms with Crippen LogP contribution in [0.1, 0.15) is 55.7 Å². The maximum atomic E-state index is 13.0. The first-order chi connectivity index (χ1) is 14.9. The summed E-state index contributed by atoms with van der Waals surface area (Å²) in [7, 11) is 0. The second kappa shape index (κ2) is 9.06. The highest BCUT2D eigenvalue weighted by Gasteiger charge is 2.32. The van der Waals surface area contributed by atoms with Crippen molar-refractivity contribution in [2.75, 3.05) is 5.32 Å². The Hall–Kier alpha value is -2.93. The fraction of sp³-hybridized carbons (Fsp3) is 0.333. The second-order valence-corrected chi connectivity index (χ2v) is 9.44. The van der Waals surface area contributed by atoms with E-state index < -0.39 is 0 Å². The van der Waals surface area contributed by atoms with Crippen LogP contribution in [0.5, 0.6) is 0 Å². The molecule has 1 aliphatic carbocycles. The van der Waals surface area contributed by atoms with Gasteiger partial charge in [-0.3, -0.25) is 14.2 Å². The molecule has 1 saturated carbocycles. The molecule has 1 N–H and O–H groups in total. The maximum Gasteiger partial charge on any atom is 0.226 e. The van der Waals surface area contributed by atoms with Crippen LogP contribution in [0.15, 0.2) is 59.8 Å². The molecule has 1 atom stereocenters. The number of ketones is 1. The summed E-state index contributed by atoms with van der Waals surface area (Å²) in [6, 6.07) is 17.1. The van der Waals surface area contributed by atoms with Gasteiger partial charge in [0.15, 0.2) is 10.9 Å².